The summed E-state index contributed by atoms with van der Waals surface area (Å²) in [6, 6.07) is 9.62. The van der Waals surface area contributed by atoms with Crippen molar-refractivity contribution in [3.63, 3.8) is 0 Å². The van der Waals surface area contributed by atoms with Crippen LogP contribution in [0.4, 0.5) is 8.78 Å². The standard InChI is InChI=1S/C22H22F2N2O4/c1-30-22(29)16-4-2-14(3-5-16)13-25-20(27)15-8-10-26(11-9-15)21(28)18-7-6-17(23)12-19(18)24/h2-7,12,15H,8-11,13H2,1H3,(H,25,27). The molecule has 1 N–H and O–H groups in total. The summed E-state index contributed by atoms with van der Waals surface area (Å²) in [4.78, 5) is 37.8. The van der Waals surface area contributed by atoms with Crippen LogP contribution in [-0.2, 0) is 16.1 Å². The third-order valence-electron chi connectivity index (χ3n) is 5.16. The van der Waals surface area contributed by atoms with Gasteiger partial charge in [0.15, 0.2) is 0 Å². The van der Waals surface area contributed by atoms with Crippen LogP contribution in [0.25, 0.3) is 0 Å². The molecule has 1 aliphatic heterocycles. The Labute approximate surface area is 172 Å². The molecule has 1 saturated heterocycles. The fourth-order valence-corrected chi connectivity index (χ4v) is 3.39. The molecule has 2 aromatic carbocycles. The van der Waals surface area contributed by atoms with Crippen LogP contribution in [-0.4, -0.2) is 42.9 Å². The van der Waals surface area contributed by atoms with Gasteiger partial charge in [-0.2, -0.15) is 0 Å². The highest BCUT2D eigenvalue weighted by atomic mass is 19.1. The first kappa shape index (κ1) is 21.4. The van der Waals surface area contributed by atoms with Crippen LogP contribution in [0, 0.1) is 17.6 Å². The number of carbonyl (C=O) groups is 3. The number of methoxy groups -OCH3 is 1. The normalized spacial score (nSPS) is 14.3. The number of ether oxygens (including phenoxy) is 1. The maximum atomic E-state index is 13.8. The molecule has 0 bridgehead atoms. The van der Waals surface area contributed by atoms with Gasteiger partial charge < -0.3 is 15.0 Å². The molecule has 1 fully saturated rings. The molecule has 0 aromatic heterocycles. The highest BCUT2D eigenvalue weighted by Crippen LogP contribution is 2.21. The van der Waals surface area contributed by atoms with Gasteiger partial charge in [0.1, 0.15) is 11.6 Å². The number of halogens is 2. The minimum absolute atomic E-state index is 0.118. The lowest BCUT2D eigenvalue weighted by Crippen LogP contribution is -2.43. The van der Waals surface area contributed by atoms with E-state index >= 15 is 0 Å². The SMILES string of the molecule is COC(=O)c1ccc(CNC(=O)C2CCN(C(=O)c3ccc(F)cc3F)CC2)cc1. The van der Waals surface area contributed by atoms with Crippen molar-refractivity contribution in [3.05, 3.63) is 70.8 Å². The van der Waals surface area contributed by atoms with Crippen LogP contribution < -0.4 is 5.32 Å². The quantitative estimate of drug-likeness (QED) is 0.761. The van der Waals surface area contributed by atoms with Gasteiger partial charge in [0.25, 0.3) is 5.91 Å². The molecule has 30 heavy (non-hydrogen) atoms. The molecule has 0 unspecified atom stereocenters. The van der Waals surface area contributed by atoms with Crippen molar-refractivity contribution >= 4 is 17.8 Å². The van der Waals surface area contributed by atoms with Gasteiger partial charge in [-0.25, -0.2) is 13.6 Å². The summed E-state index contributed by atoms with van der Waals surface area (Å²) in [7, 11) is 1.31. The van der Waals surface area contributed by atoms with E-state index in [4.69, 9.17) is 0 Å². The molecule has 0 aliphatic carbocycles. The van der Waals surface area contributed by atoms with E-state index in [9.17, 15) is 23.2 Å². The summed E-state index contributed by atoms with van der Waals surface area (Å²) in [6.07, 6.45) is 0.920. The maximum Gasteiger partial charge on any atom is 0.337 e. The number of rotatable bonds is 5. The van der Waals surface area contributed by atoms with Crippen molar-refractivity contribution < 1.29 is 27.9 Å². The Kier molecular flexibility index (Phi) is 6.76. The lowest BCUT2D eigenvalue weighted by atomic mass is 9.95. The molecule has 0 atom stereocenters. The summed E-state index contributed by atoms with van der Waals surface area (Å²) in [5.41, 5.74) is 1.10. The van der Waals surface area contributed by atoms with Gasteiger partial charge in [0.2, 0.25) is 5.91 Å². The Morgan fingerprint density at radius 3 is 2.33 bits per heavy atom. The molecule has 2 amide bonds. The van der Waals surface area contributed by atoms with Gasteiger partial charge in [-0.1, -0.05) is 12.1 Å². The molecule has 3 rings (SSSR count). The number of hydrogen-bond donors (Lipinski definition) is 1. The number of nitrogens with zero attached hydrogens (tertiary/aromatic N) is 1. The van der Waals surface area contributed by atoms with Crippen LogP contribution in [0.3, 0.4) is 0 Å². The van der Waals surface area contributed by atoms with Crippen LogP contribution >= 0.6 is 0 Å². The van der Waals surface area contributed by atoms with E-state index in [1.165, 1.54) is 12.0 Å². The van der Waals surface area contributed by atoms with Crippen LogP contribution in [0.15, 0.2) is 42.5 Å². The number of benzene rings is 2. The third-order valence-corrected chi connectivity index (χ3v) is 5.16. The number of hydrogen-bond acceptors (Lipinski definition) is 4. The van der Waals surface area contributed by atoms with E-state index < -0.39 is 23.5 Å². The molecular formula is C22H22F2N2O4. The first-order valence-corrected chi connectivity index (χ1v) is 9.58. The molecule has 0 spiro atoms. The highest BCUT2D eigenvalue weighted by molar-refractivity contribution is 5.94. The first-order valence-electron chi connectivity index (χ1n) is 9.58. The largest absolute Gasteiger partial charge is 0.465 e. The van der Waals surface area contributed by atoms with Gasteiger partial charge in [-0.3, -0.25) is 9.59 Å². The summed E-state index contributed by atoms with van der Waals surface area (Å²) in [6.45, 7) is 0.962. The smallest absolute Gasteiger partial charge is 0.337 e. The third kappa shape index (κ3) is 5.00. The first-order chi connectivity index (χ1) is 14.4. The molecule has 0 radical (unpaired) electrons. The molecule has 0 saturated carbocycles. The van der Waals surface area contributed by atoms with E-state index in [2.05, 4.69) is 10.1 Å². The average molecular weight is 416 g/mol. The van der Waals surface area contributed by atoms with Crippen molar-refractivity contribution in [1.29, 1.82) is 0 Å². The summed E-state index contributed by atoms with van der Waals surface area (Å²) >= 11 is 0. The second-order valence-electron chi connectivity index (χ2n) is 7.10. The van der Waals surface area contributed by atoms with E-state index in [-0.39, 0.29) is 17.4 Å². The van der Waals surface area contributed by atoms with E-state index in [0.29, 0.717) is 44.1 Å². The number of piperidine rings is 1. The highest BCUT2D eigenvalue weighted by Gasteiger charge is 2.28. The number of carbonyl (C=O) groups excluding carboxylic acids is 3. The molecule has 6 nitrogen and oxygen atoms in total. The van der Waals surface area contributed by atoms with Crippen molar-refractivity contribution in [2.24, 2.45) is 5.92 Å². The Balaban J connectivity index is 1.49. The van der Waals surface area contributed by atoms with Gasteiger partial charge in [0, 0.05) is 31.6 Å². The average Bonchev–Trinajstić information content (AvgIpc) is 2.77. The van der Waals surface area contributed by atoms with Gasteiger partial charge in [0.05, 0.1) is 18.2 Å². The lowest BCUT2D eigenvalue weighted by molar-refractivity contribution is -0.126. The predicted octanol–water partition coefficient (Wildman–Crippen LogP) is 2.92. The Hall–Kier alpha value is -3.29. The maximum absolute atomic E-state index is 13.8. The second-order valence-corrected chi connectivity index (χ2v) is 7.10. The van der Waals surface area contributed by atoms with Crippen molar-refractivity contribution in [1.82, 2.24) is 10.2 Å². The van der Waals surface area contributed by atoms with Gasteiger partial charge in [-0.05, 0) is 42.7 Å². The monoisotopic (exact) mass is 416 g/mol. The Bertz CT molecular complexity index is 939. The number of likely N-dealkylation sites (tertiary alicyclic amines) is 1. The van der Waals surface area contributed by atoms with Crippen molar-refractivity contribution in [2.45, 2.75) is 19.4 Å². The van der Waals surface area contributed by atoms with Gasteiger partial charge in [-0.15, -0.1) is 0 Å². The molecule has 158 valence electrons. The van der Waals surface area contributed by atoms with Gasteiger partial charge >= 0.3 is 5.97 Å². The van der Waals surface area contributed by atoms with Crippen LogP contribution in [0.2, 0.25) is 0 Å². The zero-order valence-electron chi connectivity index (χ0n) is 16.5. The molecule has 2 aromatic rings. The molecule has 1 heterocycles. The van der Waals surface area contributed by atoms with Crippen LogP contribution in [0.1, 0.15) is 39.1 Å². The second kappa shape index (κ2) is 9.47. The number of nitrogens with one attached hydrogen (secondary N) is 1. The zero-order valence-corrected chi connectivity index (χ0v) is 16.5. The minimum atomic E-state index is -0.891. The van der Waals surface area contributed by atoms with E-state index in [1.807, 2.05) is 0 Å². The minimum Gasteiger partial charge on any atom is -0.465 e. The molecule has 1 aliphatic rings. The van der Waals surface area contributed by atoms with E-state index in [1.54, 1.807) is 24.3 Å². The summed E-state index contributed by atoms with van der Waals surface area (Å²) < 4.78 is 31.5. The molecule has 8 heteroatoms. The Morgan fingerprint density at radius 2 is 1.73 bits per heavy atom. The fourth-order valence-electron chi connectivity index (χ4n) is 3.39. The fraction of sp³-hybridized carbons (Fsp3) is 0.318. The Morgan fingerprint density at radius 1 is 1.07 bits per heavy atom. The summed E-state index contributed by atoms with van der Waals surface area (Å²) in [5.74, 6) is -2.92. The van der Waals surface area contributed by atoms with Crippen LogP contribution in [0.5, 0.6) is 0 Å². The topological polar surface area (TPSA) is 75.7 Å². The lowest BCUT2D eigenvalue weighted by Gasteiger charge is -2.31. The number of esters is 1. The van der Waals surface area contributed by atoms with Crippen molar-refractivity contribution in [3.8, 4) is 0 Å². The predicted molar refractivity (Wildman–Crippen MR) is 105 cm³/mol. The zero-order chi connectivity index (χ0) is 21.7. The van der Waals surface area contributed by atoms with E-state index in [0.717, 1.165) is 17.7 Å². The molecular weight excluding hydrogens is 394 g/mol. The summed E-state index contributed by atoms with van der Waals surface area (Å²) in [5, 5.41) is 2.86. The number of amides is 2. The van der Waals surface area contributed by atoms with Crippen molar-refractivity contribution in [2.75, 3.05) is 20.2 Å².